The number of amides is 1. The molecule has 0 aromatic heterocycles. The first-order valence-corrected chi connectivity index (χ1v) is 11.1. The zero-order valence-corrected chi connectivity index (χ0v) is 18.4. The van der Waals surface area contributed by atoms with E-state index < -0.39 is 23.0 Å². The number of rotatable bonds is 8. The van der Waals surface area contributed by atoms with E-state index in [4.69, 9.17) is 4.74 Å². The average Bonchev–Trinajstić information content (AvgIpc) is 3.32. The number of carbonyl (C=O) groups excluding carboxylic acids is 2. The zero-order valence-electron chi connectivity index (χ0n) is 18.4. The molecule has 34 heavy (non-hydrogen) atoms. The van der Waals surface area contributed by atoms with Crippen molar-refractivity contribution in [2.45, 2.75) is 31.0 Å². The van der Waals surface area contributed by atoms with E-state index >= 15 is 0 Å². The van der Waals surface area contributed by atoms with Crippen LogP contribution in [0.1, 0.15) is 29.2 Å². The Bertz CT molecular complexity index is 1100. The molecule has 0 radical (unpaired) electrons. The molecular weight excluding hydrogens is 434 g/mol. The van der Waals surface area contributed by atoms with Gasteiger partial charge in [-0.25, -0.2) is 0 Å². The fraction of sp³-hybridized carbons (Fsp3) is 0.231. The molecule has 1 heterocycles. The Balaban J connectivity index is 1.33. The molecule has 4 rings (SSSR count). The first-order valence-electron chi connectivity index (χ1n) is 11.1. The number of nitrogens with zero attached hydrogens (tertiary/aromatic N) is 1. The van der Waals surface area contributed by atoms with Crippen LogP contribution in [0.2, 0.25) is 0 Å². The molecule has 8 heteroatoms. The number of benzene rings is 3. The molecule has 2 atom stereocenters. The molecule has 2 N–H and O–H groups in total. The summed E-state index contributed by atoms with van der Waals surface area (Å²) in [6.07, 6.45) is -0.0444. The van der Waals surface area contributed by atoms with Crippen molar-refractivity contribution in [2.75, 3.05) is 6.54 Å². The van der Waals surface area contributed by atoms with Gasteiger partial charge < -0.3 is 15.4 Å². The molecule has 3 aromatic carbocycles. The first kappa shape index (κ1) is 23.1. The Morgan fingerprint density at radius 3 is 2.12 bits per heavy atom. The molecule has 8 nitrogen and oxygen atoms in total. The van der Waals surface area contributed by atoms with Gasteiger partial charge in [-0.3, -0.25) is 19.7 Å². The van der Waals surface area contributed by atoms with E-state index in [2.05, 4.69) is 10.6 Å². The van der Waals surface area contributed by atoms with Gasteiger partial charge in [0.05, 0.1) is 23.4 Å². The highest BCUT2D eigenvalue weighted by Crippen LogP contribution is 2.23. The van der Waals surface area contributed by atoms with Gasteiger partial charge in [0.25, 0.3) is 5.69 Å². The monoisotopic (exact) mass is 459 g/mol. The summed E-state index contributed by atoms with van der Waals surface area (Å²) in [4.78, 5) is 35.6. The highest BCUT2D eigenvalue weighted by atomic mass is 16.6. The maximum atomic E-state index is 13.0. The van der Waals surface area contributed by atoms with Crippen molar-refractivity contribution in [3.63, 3.8) is 0 Å². The predicted octanol–water partition coefficient (Wildman–Crippen LogP) is 3.32. The van der Waals surface area contributed by atoms with Crippen molar-refractivity contribution >= 4 is 17.6 Å². The number of nitrogens with one attached hydrogen (secondary N) is 2. The highest BCUT2D eigenvalue weighted by Gasteiger charge is 2.33. The van der Waals surface area contributed by atoms with Gasteiger partial charge in [-0.05, 0) is 16.7 Å². The molecule has 1 fully saturated rings. The van der Waals surface area contributed by atoms with E-state index in [1.54, 1.807) is 0 Å². The van der Waals surface area contributed by atoms with Gasteiger partial charge in [0, 0.05) is 25.1 Å². The lowest BCUT2D eigenvalue weighted by atomic mass is 9.98. The number of ether oxygens (including phenoxy) is 1. The van der Waals surface area contributed by atoms with Crippen molar-refractivity contribution in [3.05, 3.63) is 112 Å². The SMILES string of the molecule is O=C(Cc1ccc([N+](=O)[O-])cc1)O[C@@H]1CN[C@@H](C(=O)NC(c2ccccc2)c2ccccc2)C1. The van der Waals surface area contributed by atoms with Gasteiger partial charge in [0.2, 0.25) is 5.91 Å². The van der Waals surface area contributed by atoms with E-state index in [0.29, 0.717) is 18.5 Å². The van der Waals surface area contributed by atoms with E-state index in [-0.39, 0.29) is 24.1 Å². The van der Waals surface area contributed by atoms with Gasteiger partial charge in [0.15, 0.2) is 0 Å². The van der Waals surface area contributed by atoms with Crippen molar-refractivity contribution in [1.82, 2.24) is 10.6 Å². The molecule has 0 aliphatic carbocycles. The van der Waals surface area contributed by atoms with Crippen LogP contribution in [0.5, 0.6) is 0 Å². The second kappa shape index (κ2) is 10.7. The molecule has 0 bridgehead atoms. The van der Waals surface area contributed by atoms with Crippen LogP contribution < -0.4 is 10.6 Å². The van der Waals surface area contributed by atoms with Gasteiger partial charge in [0.1, 0.15) is 6.10 Å². The van der Waals surface area contributed by atoms with Gasteiger partial charge in [-0.15, -0.1) is 0 Å². The Hall–Kier alpha value is -4.04. The maximum absolute atomic E-state index is 13.0. The Morgan fingerprint density at radius 2 is 1.56 bits per heavy atom. The van der Waals surface area contributed by atoms with Crippen molar-refractivity contribution in [3.8, 4) is 0 Å². The normalized spacial score (nSPS) is 17.3. The first-order chi connectivity index (χ1) is 16.5. The molecule has 0 unspecified atom stereocenters. The third-order valence-electron chi connectivity index (χ3n) is 5.75. The number of carbonyl (C=O) groups is 2. The summed E-state index contributed by atoms with van der Waals surface area (Å²) in [7, 11) is 0. The van der Waals surface area contributed by atoms with Crippen molar-refractivity contribution in [2.24, 2.45) is 0 Å². The summed E-state index contributed by atoms with van der Waals surface area (Å²) in [5.41, 5.74) is 2.55. The van der Waals surface area contributed by atoms with E-state index in [0.717, 1.165) is 11.1 Å². The lowest BCUT2D eigenvalue weighted by molar-refractivity contribution is -0.384. The molecule has 0 saturated carbocycles. The molecule has 3 aromatic rings. The van der Waals surface area contributed by atoms with Crippen LogP contribution in [0.15, 0.2) is 84.9 Å². The quantitative estimate of drug-likeness (QED) is 0.304. The van der Waals surface area contributed by atoms with Crippen LogP contribution >= 0.6 is 0 Å². The lowest BCUT2D eigenvalue weighted by Gasteiger charge is -2.22. The molecule has 1 saturated heterocycles. The van der Waals surface area contributed by atoms with Crippen LogP contribution in [-0.2, 0) is 20.7 Å². The Morgan fingerprint density at radius 1 is 0.971 bits per heavy atom. The number of hydrogen-bond donors (Lipinski definition) is 2. The summed E-state index contributed by atoms with van der Waals surface area (Å²) in [6.45, 7) is 0.380. The van der Waals surface area contributed by atoms with Crippen LogP contribution in [0.25, 0.3) is 0 Å². The topological polar surface area (TPSA) is 111 Å². The van der Waals surface area contributed by atoms with E-state index in [1.165, 1.54) is 24.3 Å². The number of nitro groups is 1. The van der Waals surface area contributed by atoms with Gasteiger partial charge in [-0.2, -0.15) is 0 Å². The smallest absolute Gasteiger partial charge is 0.310 e. The second-order valence-corrected chi connectivity index (χ2v) is 8.17. The largest absolute Gasteiger partial charge is 0.461 e. The number of non-ortho nitro benzene ring substituents is 1. The third kappa shape index (κ3) is 5.85. The van der Waals surface area contributed by atoms with E-state index in [1.807, 2.05) is 60.7 Å². The summed E-state index contributed by atoms with van der Waals surface area (Å²) in [5.74, 6) is -0.597. The fourth-order valence-electron chi connectivity index (χ4n) is 4.02. The number of esters is 1. The maximum Gasteiger partial charge on any atom is 0.310 e. The lowest BCUT2D eigenvalue weighted by Crippen LogP contribution is -2.42. The van der Waals surface area contributed by atoms with Gasteiger partial charge >= 0.3 is 5.97 Å². The minimum absolute atomic E-state index is 0.00937. The molecular formula is C26H25N3O5. The van der Waals surface area contributed by atoms with Crippen molar-refractivity contribution in [1.29, 1.82) is 0 Å². The van der Waals surface area contributed by atoms with Crippen LogP contribution in [0.4, 0.5) is 5.69 Å². The minimum Gasteiger partial charge on any atom is -0.461 e. The average molecular weight is 460 g/mol. The molecule has 1 aliphatic rings. The van der Waals surface area contributed by atoms with Crippen LogP contribution in [-0.4, -0.2) is 35.5 Å². The molecule has 1 amide bonds. The third-order valence-corrected chi connectivity index (χ3v) is 5.75. The Kier molecular flexibility index (Phi) is 7.29. The number of nitro benzene ring substituents is 1. The fourth-order valence-corrected chi connectivity index (χ4v) is 4.02. The van der Waals surface area contributed by atoms with Crippen LogP contribution in [0.3, 0.4) is 0 Å². The predicted molar refractivity (Wildman–Crippen MR) is 126 cm³/mol. The van der Waals surface area contributed by atoms with Crippen molar-refractivity contribution < 1.29 is 19.2 Å². The van der Waals surface area contributed by atoms with Gasteiger partial charge in [-0.1, -0.05) is 72.8 Å². The van der Waals surface area contributed by atoms with Crippen LogP contribution in [0, 0.1) is 10.1 Å². The summed E-state index contributed by atoms with van der Waals surface area (Å²) >= 11 is 0. The zero-order chi connectivity index (χ0) is 23.9. The Labute approximate surface area is 197 Å². The second-order valence-electron chi connectivity index (χ2n) is 8.17. The molecule has 1 aliphatic heterocycles. The van der Waals surface area contributed by atoms with E-state index in [9.17, 15) is 19.7 Å². The minimum atomic E-state index is -0.488. The standard InChI is InChI=1S/C26H25N3O5/c30-24(15-18-11-13-21(14-12-18)29(32)33)34-22-16-23(27-17-22)26(31)28-25(19-7-3-1-4-8-19)20-9-5-2-6-10-20/h1-14,22-23,25,27H,15-17H2,(H,28,31)/t22-,23+/m0/s1. The summed E-state index contributed by atoms with van der Waals surface area (Å²) < 4.78 is 5.53. The molecule has 0 spiro atoms. The summed E-state index contributed by atoms with van der Waals surface area (Å²) in [5, 5.41) is 17.0. The molecule has 174 valence electrons. The highest BCUT2D eigenvalue weighted by molar-refractivity contribution is 5.83. The summed E-state index contributed by atoms with van der Waals surface area (Å²) in [6, 6.07) is 24.5. The number of hydrogen-bond acceptors (Lipinski definition) is 6.